The molecule has 2 heterocycles. The lowest BCUT2D eigenvalue weighted by Gasteiger charge is -2.37. The van der Waals surface area contributed by atoms with Crippen LogP contribution in [0, 0.1) is 0 Å². The van der Waals surface area contributed by atoms with Gasteiger partial charge in [0.1, 0.15) is 12.2 Å². The molecule has 8 nitrogen and oxygen atoms in total. The van der Waals surface area contributed by atoms with Crippen LogP contribution in [-0.4, -0.2) is 58.3 Å². The van der Waals surface area contributed by atoms with Gasteiger partial charge in [-0.15, -0.1) is 0 Å². The van der Waals surface area contributed by atoms with Gasteiger partial charge in [-0.05, 0) is 25.8 Å². The molecule has 4 unspecified atom stereocenters. The van der Waals surface area contributed by atoms with E-state index in [1.165, 1.54) is 0 Å². The highest BCUT2D eigenvalue weighted by molar-refractivity contribution is 6.04. The number of esters is 1. The van der Waals surface area contributed by atoms with Gasteiger partial charge in [-0.2, -0.15) is 0 Å². The van der Waals surface area contributed by atoms with Gasteiger partial charge >= 0.3 is 11.9 Å². The molecule has 1 aromatic heterocycles. The number of aliphatic hydroxyl groups excluding tert-OH is 1. The molecule has 0 aliphatic carbocycles. The molecule has 3 N–H and O–H groups in total. The Hall–Kier alpha value is -2.42. The first kappa shape index (κ1) is 25.2. The summed E-state index contributed by atoms with van der Waals surface area (Å²) < 4.78 is 17.2. The monoisotopic (exact) mass is 461 g/mol. The number of aliphatic carboxylic acids is 1. The van der Waals surface area contributed by atoms with Crippen molar-refractivity contribution in [3.05, 3.63) is 36.0 Å². The van der Waals surface area contributed by atoms with Crippen molar-refractivity contribution in [2.75, 3.05) is 6.61 Å². The third-order valence-electron chi connectivity index (χ3n) is 6.04. The summed E-state index contributed by atoms with van der Waals surface area (Å²) in [7, 11) is 0. The number of unbranched alkanes of at least 4 members (excludes halogenated alkanes) is 6. The van der Waals surface area contributed by atoms with Gasteiger partial charge < -0.3 is 29.4 Å². The van der Waals surface area contributed by atoms with Crippen LogP contribution in [0.2, 0.25) is 0 Å². The molecule has 1 fully saturated rings. The minimum atomic E-state index is -0.865. The molecular formula is C25H35NO7. The van der Waals surface area contributed by atoms with Crippen molar-refractivity contribution in [3.8, 4) is 0 Å². The fourth-order valence-corrected chi connectivity index (χ4v) is 4.13. The van der Waals surface area contributed by atoms with Crippen LogP contribution >= 0.6 is 0 Å². The number of aromatic nitrogens is 1. The van der Waals surface area contributed by atoms with Crippen LogP contribution < -0.4 is 0 Å². The van der Waals surface area contributed by atoms with Gasteiger partial charge in [0.25, 0.3) is 0 Å². The lowest BCUT2D eigenvalue weighted by molar-refractivity contribution is -0.260. The molecule has 1 aromatic carbocycles. The first-order valence-corrected chi connectivity index (χ1v) is 11.9. The molecule has 8 heteroatoms. The summed E-state index contributed by atoms with van der Waals surface area (Å²) in [6.07, 6.45) is 6.41. The van der Waals surface area contributed by atoms with Gasteiger partial charge in [-0.3, -0.25) is 4.79 Å². The largest absolute Gasteiger partial charge is 0.481 e. The molecule has 3 rings (SSSR count). The van der Waals surface area contributed by atoms with Crippen molar-refractivity contribution >= 4 is 22.8 Å². The number of fused-ring (bicyclic) bond motifs is 1. The fourth-order valence-electron chi connectivity index (χ4n) is 4.13. The number of para-hydroxylation sites is 1. The van der Waals surface area contributed by atoms with Gasteiger partial charge in [0, 0.05) is 36.5 Å². The predicted octanol–water partition coefficient (Wildman–Crippen LogP) is 4.41. The smallest absolute Gasteiger partial charge is 0.340 e. The Balaban J connectivity index is 1.33. The second-order valence-corrected chi connectivity index (χ2v) is 8.69. The van der Waals surface area contributed by atoms with E-state index in [4.69, 9.17) is 19.3 Å². The van der Waals surface area contributed by atoms with Crippen molar-refractivity contribution in [3.63, 3.8) is 0 Å². The maximum Gasteiger partial charge on any atom is 0.340 e. The average Bonchev–Trinajstić information content (AvgIpc) is 3.22. The van der Waals surface area contributed by atoms with Crippen molar-refractivity contribution in [2.24, 2.45) is 0 Å². The number of hydrogen-bond acceptors (Lipinski definition) is 6. The number of carboxylic acid groups (broad SMARTS) is 1. The maximum absolute atomic E-state index is 12.7. The minimum absolute atomic E-state index is 0.249. The highest BCUT2D eigenvalue weighted by Gasteiger charge is 2.38. The van der Waals surface area contributed by atoms with Crippen molar-refractivity contribution in [2.45, 2.75) is 89.3 Å². The molecule has 4 atom stereocenters. The van der Waals surface area contributed by atoms with Crippen LogP contribution in [0.15, 0.2) is 30.5 Å². The Morgan fingerprint density at radius 2 is 1.79 bits per heavy atom. The summed E-state index contributed by atoms with van der Waals surface area (Å²) >= 11 is 0. The van der Waals surface area contributed by atoms with Crippen molar-refractivity contribution in [1.29, 1.82) is 0 Å². The Labute approximate surface area is 194 Å². The summed E-state index contributed by atoms with van der Waals surface area (Å²) in [4.78, 5) is 26.2. The number of ether oxygens (including phenoxy) is 3. The minimum Gasteiger partial charge on any atom is -0.481 e. The average molecular weight is 462 g/mol. The molecule has 0 spiro atoms. The third kappa shape index (κ3) is 7.55. The summed E-state index contributed by atoms with van der Waals surface area (Å²) in [6.45, 7) is 2.31. The van der Waals surface area contributed by atoms with E-state index < -0.39 is 36.5 Å². The Kier molecular flexibility index (Phi) is 9.72. The number of hydrogen-bond donors (Lipinski definition) is 3. The normalized spacial score (nSPS) is 23.0. The van der Waals surface area contributed by atoms with E-state index >= 15 is 0 Å². The van der Waals surface area contributed by atoms with E-state index in [1.54, 1.807) is 6.20 Å². The number of carboxylic acids is 1. The van der Waals surface area contributed by atoms with E-state index in [2.05, 4.69) is 4.98 Å². The van der Waals surface area contributed by atoms with E-state index in [-0.39, 0.29) is 12.8 Å². The first-order valence-electron chi connectivity index (χ1n) is 11.9. The molecule has 0 radical (unpaired) electrons. The first-order chi connectivity index (χ1) is 16.0. The van der Waals surface area contributed by atoms with Crippen LogP contribution in [0.25, 0.3) is 10.9 Å². The van der Waals surface area contributed by atoms with E-state index in [1.807, 2.05) is 31.2 Å². The molecule has 0 amide bonds. The van der Waals surface area contributed by atoms with Gasteiger partial charge in [0.05, 0.1) is 11.7 Å². The van der Waals surface area contributed by atoms with E-state index in [0.717, 1.165) is 55.8 Å². The zero-order valence-electron chi connectivity index (χ0n) is 19.2. The quantitative estimate of drug-likeness (QED) is 0.299. The second-order valence-electron chi connectivity index (χ2n) is 8.69. The molecule has 1 aliphatic heterocycles. The number of carbonyl (C=O) groups excluding carboxylic acids is 1. The number of aliphatic hydroxyl groups is 1. The highest BCUT2D eigenvalue weighted by atomic mass is 16.7. The molecule has 2 aromatic rings. The molecule has 0 bridgehead atoms. The summed E-state index contributed by atoms with van der Waals surface area (Å²) in [5.41, 5.74) is 1.33. The topological polar surface area (TPSA) is 118 Å². The highest BCUT2D eigenvalue weighted by Crippen LogP contribution is 2.26. The van der Waals surface area contributed by atoms with E-state index in [9.17, 15) is 14.7 Å². The molecule has 33 heavy (non-hydrogen) atoms. The van der Waals surface area contributed by atoms with Crippen molar-refractivity contribution in [1.82, 2.24) is 4.98 Å². The Bertz CT molecular complexity index is 896. The standard InChI is InChI=1S/C25H35NO7/c1-17-22(33-24(30)19-16-26-20-12-9-8-11-18(19)20)15-21(27)25(32-17)31-14-10-6-4-2-3-5-7-13-23(28)29/h8-9,11-12,16-17,21-22,25-27H,2-7,10,13-15H2,1H3,(H,28,29). The van der Waals surface area contributed by atoms with Crippen LogP contribution in [0.5, 0.6) is 0 Å². The lowest BCUT2D eigenvalue weighted by Crippen LogP contribution is -2.48. The van der Waals surface area contributed by atoms with Crippen LogP contribution in [0.1, 0.15) is 75.1 Å². The zero-order chi connectivity index (χ0) is 23.6. The lowest BCUT2D eigenvalue weighted by atomic mass is 10.0. The zero-order valence-corrected chi connectivity index (χ0v) is 19.2. The van der Waals surface area contributed by atoms with Crippen LogP contribution in [-0.2, 0) is 19.0 Å². The summed E-state index contributed by atoms with van der Waals surface area (Å²) in [5.74, 6) is -1.17. The molecule has 1 aliphatic rings. The number of rotatable bonds is 13. The second kappa shape index (κ2) is 12.7. The van der Waals surface area contributed by atoms with Gasteiger partial charge in [0.2, 0.25) is 0 Å². The van der Waals surface area contributed by atoms with Gasteiger partial charge in [-0.25, -0.2) is 4.79 Å². The molecule has 182 valence electrons. The van der Waals surface area contributed by atoms with Crippen LogP contribution in [0.4, 0.5) is 0 Å². The number of nitrogens with one attached hydrogen (secondary N) is 1. The van der Waals surface area contributed by atoms with Crippen molar-refractivity contribution < 1.29 is 34.0 Å². The number of benzene rings is 1. The summed E-state index contributed by atoms with van der Waals surface area (Å²) in [5, 5.41) is 19.9. The van der Waals surface area contributed by atoms with E-state index in [0.29, 0.717) is 12.2 Å². The Morgan fingerprint density at radius 1 is 1.09 bits per heavy atom. The summed E-state index contributed by atoms with van der Waals surface area (Å²) in [6, 6.07) is 7.52. The molecule has 0 saturated carbocycles. The van der Waals surface area contributed by atoms with Gasteiger partial charge in [0.15, 0.2) is 6.29 Å². The number of aromatic amines is 1. The fraction of sp³-hybridized carbons (Fsp3) is 0.600. The maximum atomic E-state index is 12.7. The number of carbonyl (C=O) groups is 2. The van der Waals surface area contributed by atoms with Crippen LogP contribution in [0.3, 0.4) is 0 Å². The van der Waals surface area contributed by atoms with Gasteiger partial charge in [-0.1, -0.05) is 50.3 Å². The molecular weight excluding hydrogens is 426 g/mol. The molecule has 1 saturated heterocycles. The number of H-pyrrole nitrogens is 1. The third-order valence-corrected chi connectivity index (χ3v) is 6.04. The predicted molar refractivity (Wildman–Crippen MR) is 123 cm³/mol. The Morgan fingerprint density at radius 3 is 2.55 bits per heavy atom. The SMILES string of the molecule is CC1OC(OCCCCCCCCCC(=O)O)C(O)CC1OC(=O)c1c[nH]c2ccccc12.